The lowest BCUT2D eigenvalue weighted by Gasteiger charge is -2.09. The zero-order valence-corrected chi connectivity index (χ0v) is 17.6. The van der Waals surface area contributed by atoms with Crippen molar-refractivity contribution in [1.29, 1.82) is 0 Å². The standard InChI is InChI=1S/C20H21N3O4S2/c1-27-18-6-4-3-5-14(18)12-21-19(24)11-16-13-28-20(23-16)22-15-7-9-17(10-8-15)29(2,25)26/h3-10,13H,11-12H2,1-2H3,(H,21,24)(H,22,23). The van der Waals surface area contributed by atoms with Crippen molar-refractivity contribution < 1.29 is 17.9 Å². The van der Waals surface area contributed by atoms with Crippen LogP contribution < -0.4 is 15.4 Å². The molecular weight excluding hydrogens is 410 g/mol. The second kappa shape index (κ2) is 9.06. The fraction of sp³-hybridized carbons (Fsp3) is 0.200. The lowest BCUT2D eigenvalue weighted by Crippen LogP contribution is -2.24. The topological polar surface area (TPSA) is 97.4 Å². The summed E-state index contributed by atoms with van der Waals surface area (Å²) < 4.78 is 28.3. The molecule has 9 heteroatoms. The van der Waals surface area contributed by atoms with Crippen LogP contribution in [-0.2, 0) is 27.6 Å². The first-order chi connectivity index (χ1) is 13.8. The van der Waals surface area contributed by atoms with Gasteiger partial charge in [0.15, 0.2) is 15.0 Å². The number of amides is 1. The average Bonchev–Trinajstić information content (AvgIpc) is 3.13. The van der Waals surface area contributed by atoms with Crippen LogP contribution in [0, 0.1) is 0 Å². The van der Waals surface area contributed by atoms with Crippen LogP contribution in [0.15, 0.2) is 58.8 Å². The van der Waals surface area contributed by atoms with Gasteiger partial charge < -0.3 is 15.4 Å². The molecule has 3 aromatic rings. The van der Waals surface area contributed by atoms with E-state index in [0.717, 1.165) is 17.0 Å². The van der Waals surface area contributed by atoms with Crippen LogP contribution in [-0.4, -0.2) is 32.7 Å². The van der Waals surface area contributed by atoms with Crippen molar-refractivity contribution in [2.24, 2.45) is 0 Å². The molecule has 0 bridgehead atoms. The number of ether oxygens (including phenoxy) is 1. The van der Waals surface area contributed by atoms with E-state index >= 15 is 0 Å². The number of hydrogen-bond acceptors (Lipinski definition) is 7. The molecule has 1 heterocycles. The predicted molar refractivity (Wildman–Crippen MR) is 113 cm³/mol. The smallest absolute Gasteiger partial charge is 0.226 e. The van der Waals surface area contributed by atoms with Gasteiger partial charge in [-0.05, 0) is 30.3 Å². The van der Waals surface area contributed by atoms with Gasteiger partial charge in [0.2, 0.25) is 5.91 Å². The molecule has 2 N–H and O–H groups in total. The maximum atomic E-state index is 12.2. The molecule has 29 heavy (non-hydrogen) atoms. The molecule has 0 saturated carbocycles. The van der Waals surface area contributed by atoms with Crippen LogP contribution in [0.5, 0.6) is 5.75 Å². The summed E-state index contributed by atoms with van der Waals surface area (Å²) in [6.45, 7) is 0.380. The molecule has 0 spiro atoms. The fourth-order valence-electron chi connectivity index (χ4n) is 2.62. The van der Waals surface area contributed by atoms with E-state index < -0.39 is 9.84 Å². The third-order valence-corrected chi connectivity index (χ3v) is 6.03. The van der Waals surface area contributed by atoms with Crippen LogP contribution in [0.1, 0.15) is 11.3 Å². The van der Waals surface area contributed by atoms with Crippen LogP contribution in [0.4, 0.5) is 10.8 Å². The molecular formula is C20H21N3O4S2. The summed E-state index contributed by atoms with van der Waals surface area (Å²) in [4.78, 5) is 16.9. The third kappa shape index (κ3) is 5.78. The lowest BCUT2D eigenvalue weighted by atomic mass is 10.2. The summed E-state index contributed by atoms with van der Waals surface area (Å²) in [5.41, 5.74) is 2.28. The number of sulfone groups is 1. The van der Waals surface area contributed by atoms with Gasteiger partial charge in [-0.1, -0.05) is 18.2 Å². The molecule has 0 aliphatic heterocycles. The first-order valence-corrected chi connectivity index (χ1v) is 11.5. The molecule has 7 nitrogen and oxygen atoms in total. The Balaban J connectivity index is 1.55. The Kier molecular flexibility index (Phi) is 6.50. The minimum absolute atomic E-state index is 0.134. The van der Waals surface area contributed by atoms with Gasteiger partial charge >= 0.3 is 0 Å². The van der Waals surface area contributed by atoms with Crippen LogP contribution >= 0.6 is 11.3 Å². The van der Waals surface area contributed by atoms with E-state index in [1.165, 1.54) is 29.7 Å². The second-order valence-corrected chi connectivity index (χ2v) is 9.20. The summed E-state index contributed by atoms with van der Waals surface area (Å²) in [6, 6.07) is 14.0. The van der Waals surface area contributed by atoms with Gasteiger partial charge in [0.1, 0.15) is 5.75 Å². The fourth-order valence-corrected chi connectivity index (χ4v) is 3.99. The van der Waals surface area contributed by atoms with Gasteiger partial charge in [0.05, 0.1) is 24.1 Å². The maximum Gasteiger partial charge on any atom is 0.226 e. The Labute approximate surface area is 173 Å². The molecule has 2 aromatic carbocycles. The highest BCUT2D eigenvalue weighted by molar-refractivity contribution is 7.90. The van der Waals surface area contributed by atoms with Crippen molar-refractivity contribution in [3.8, 4) is 5.75 Å². The molecule has 0 saturated heterocycles. The van der Waals surface area contributed by atoms with E-state index in [0.29, 0.717) is 17.4 Å². The van der Waals surface area contributed by atoms with Gasteiger partial charge in [0, 0.05) is 29.4 Å². The Hall–Kier alpha value is -2.91. The maximum absolute atomic E-state index is 12.2. The highest BCUT2D eigenvalue weighted by Crippen LogP contribution is 2.22. The second-order valence-electron chi connectivity index (χ2n) is 6.33. The Morgan fingerprint density at radius 3 is 2.55 bits per heavy atom. The SMILES string of the molecule is COc1ccccc1CNC(=O)Cc1csc(Nc2ccc(S(C)(=O)=O)cc2)n1. The zero-order chi connectivity index (χ0) is 20.9. The lowest BCUT2D eigenvalue weighted by molar-refractivity contribution is -0.120. The summed E-state index contributed by atoms with van der Waals surface area (Å²) >= 11 is 1.38. The zero-order valence-electron chi connectivity index (χ0n) is 16.0. The van der Waals surface area contributed by atoms with Crippen molar-refractivity contribution in [2.45, 2.75) is 17.9 Å². The first kappa shape index (κ1) is 20.8. The van der Waals surface area contributed by atoms with Crippen LogP contribution in [0.3, 0.4) is 0 Å². The number of anilines is 2. The molecule has 152 valence electrons. The monoisotopic (exact) mass is 431 g/mol. The molecule has 1 amide bonds. The predicted octanol–water partition coefficient (Wildman–Crippen LogP) is 3.16. The number of carbonyl (C=O) groups is 1. The molecule has 3 rings (SSSR count). The van der Waals surface area contributed by atoms with Crippen molar-refractivity contribution in [3.63, 3.8) is 0 Å². The highest BCUT2D eigenvalue weighted by Gasteiger charge is 2.10. The molecule has 0 aliphatic rings. The summed E-state index contributed by atoms with van der Waals surface area (Å²) in [5.74, 6) is 0.597. The summed E-state index contributed by atoms with van der Waals surface area (Å²) in [7, 11) is -1.63. The molecule has 0 radical (unpaired) electrons. The van der Waals surface area contributed by atoms with E-state index in [2.05, 4.69) is 15.6 Å². The largest absolute Gasteiger partial charge is 0.496 e. The minimum atomic E-state index is -3.23. The average molecular weight is 432 g/mol. The molecule has 0 unspecified atom stereocenters. The van der Waals surface area contributed by atoms with Gasteiger partial charge in [-0.2, -0.15) is 0 Å². The third-order valence-electron chi connectivity index (χ3n) is 4.10. The van der Waals surface area contributed by atoms with E-state index in [1.807, 2.05) is 29.6 Å². The molecule has 0 fully saturated rings. The number of aromatic nitrogens is 1. The normalized spacial score (nSPS) is 11.1. The van der Waals surface area contributed by atoms with Gasteiger partial charge in [-0.25, -0.2) is 13.4 Å². The minimum Gasteiger partial charge on any atom is -0.496 e. The van der Waals surface area contributed by atoms with Gasteiger partial charge in [-0.3, -0.25) is 4.79 Å². The number of nitrogens with one attached hydrogen (secondary N) is 2. The number of methoxy groups -OCH3 is 1. The van der Waals surface area contributed by atoms with Crippen LogP contribution in [0.25, 0.3) is 0 Å². The van der Waals surface area contributed by atoms with E-state index in [-0.39, 0.29) is 17.2 Å². The highest BCUT2D eigenvalue weighted by atomic mass is 32.2. The Morgan fingerprint density at radius 1 is 1.14 bits per heavy atom. The number of carbonyl (C=O) groups excluding carboxylic acids is 1. The van der Waals surface area contributed by atoms with Crippen molar-refractivity contribution >= 4 is 37.9 Å². The molecule has 0 aliphatic carbocycles. The van der Waals surface area contributed by atoms with E-state index in [1.54, 1.807) is 19.2 Å². The molecule has 1 aromatic heterocycles. The molecule has 0 atom stereocenters. The number of para-hydroxylation sites is 1. The number of rotatable bonds is 8. The van der Waals surface area contributed by atoms with Crippen molar-refractivity contribution in [2.75, 3.05) is 18.7 Å². The number of hydrogen-bond donors (Lipinski definition) is 2. The Bertz CT molecular complexity index is 1090. The quantitative estimate of drug-likeness (QED) is 0.569. The van der Waals surface area contributed by atoms with Crippen LogP contribution in [0.2, 0.25) is 0 Å². The summed E-state index contributed by atoms with van der Waals surface area (Å²) in [6.07, 6.45) is 1.34. The number of nitrogens with zero attached hydrogens (tertiary/aromatic N) is 1. The van der Waals surface area contributed by atoms with Gasteiger partial charge in [0.25, 0.3) is 0 Å². The summed E-state index contributed by atoms with van der Waals surface area (Å²) in [5, 5.41) is 8.43. The van der Waals surface area contributed by atoms with Crippen molar-refractivity contribution in [1.82, 2.24) is 10.3 Å². The van der Waals surface area contributed by atoms with E-state index in [4.69, 9.17) is 4.74 Å². The van der Waals surface area contributed by atoms with E-state index in [9.17, 15) is 13.2 Å². The van der Waals surface area contributed by atoms with Crippen molar-refractivity contribution in [3.05, 3.63) is 65.2 Å². The Morgan fingerprint density at radius 2 is 1.86 bits per heavy atom. The number of thiazole rings is 1. The first-order valence-electron chi connectivity index (χ1n) is 8.75. The van der Waals surface area contributed by atoms with Gasteiger partial charge in [-0.15, -0.1) is 11.3 Å². The number of benzene rings is 2.